The Bertz CT molecular complexity index is 1490. The van der Waals surface area contributed by atoms with Gasteiger partial charge in [0.05, 0.1) is 11.9 Å². The van der Waals surface area contributed by atoms with Gasteiger partial charge in [-0.1, -0.05) is 55.0 Å². The number of thioether (sulfide) groups is 1. The highest BCUT2D eigenvalue weighted by Crippen LogP contribution is 2.32. The number of pyridine rings is 1. The van der Waals surface area contributed by atoms with Gasteiger partial charge in [-0.2, -0.15) is 0 Å². The van der Waals surface area contributed by atoms with Crippen molar-refractivity contribution in [3.63, 3.8) is 0 Å². The highest BCUT2D eigenvalue weighted by Gasteiger charge is 2.33. The van der Waals surface area contributed by atoms with E-state index in [4.69, 9.17) is 9.47 Å². The molecule has 1 unspecified atom stereocenters. The van der Waals surface area contributed by atoms with Crippen LogP contribution in [0, 0.1) is 18.8 Å². The van der Waals surface area contributed by atoms with E-state index < -0.39 is 17.2 Å². The third kappa shape index (κ3) is 8.41. The van der Waals surface area contributed by atoms with Crippen molar-refractivity contribution in [1.29, 1.82) is 0 Å². The summed E-state index contributed by atoms with van der Waals surface area (Å²) in [7, 11) is 0. The van der Waals surface area contributed by atoms with E-state index >= 15 is 0 Å². The molecule has 0 bridgehead atoms. The average Bonchev–Trinajstić information content (AvgIpc) is 3.38. The number of allylic oxidation sites excluding steroid dienone is 1. The first-order chi connectivity index (χ1) is 20.7. The molecule has 2 heterocycles. The quantitative estimate of drug-likeness (QED) is 0.225. The SMILES string of the molecule is Cc1cc(OCc2nnc(SC3C=CCCC3)n2-c2cccnc2)ccc1C#CC1(NC(=O)OC(C)(C)C)CCCCC1. The topological polar surface area (TPSA) is 91.2 Å². The van der Waals surface area contributed by atoms with Gasteiger partial charge in [-0.05, 0) is 95.7 Å². The van der Waals surface area contributed by atoms with Gasteiger partial charge in [0.1, 0.15) is 23.5 Å². The fourth-order valence-electron chi connectivity index (χ4n) is 5.37. The molecule has 3 aromatic rings. The normalized spacial score (nSPS) is 17.9. The van der Waals surface area contributed by atoms with Crippen LogP contribution in [-0.2, 0) is 11.3 Å². The van der Waals surface area contributed by atoms with Crippen molar-refractivity contribution in [1.82, 2.24) is 25.1 Å². The minimum atomic E-state index is -0.582. The van der Waals surface area contributed by atoms with Gasteiger partial charge in [0.2, 0.25) is 0 Å². The Morgan fingerprint density at radius 2 is 2.00 bits per heavy atom. The summed E-state index contributed by atoms with van der Waals surface area (Å²) in [5.41, 5.74) is 1.68. The second kappa shape index (κ2) is 13.7. The number of hydrogen-bond acceptors (Lipinski definition) is 7. The van der Waals surface area contributed by atoms with E-state index in [1.165, 1.54) is 6.42 Å². The number of amides is 1. The molecule has 0 aliphatic heterocycles. The van der Waals surface area contributed by atoms with Gasteiger partial charge >= 0.3 is 6.09 Å². The lowest BCUT2D eigenvalue weighted by Gasteiger charge is -2.34. The van der Waals surface area contributed by atoms with Crippen molar-refractivity contribution in [2.75, 3.05) is 0 Å². The molecule has 1 aromatic carbocycles. The van der Waals surface area contributed by atoms with Crippen molar-refractivity contribution in [2.24, 2.45) is 0 Å². The lowest BCUT2D eigenvalue weighted by Crippen LogP contribution is -2.50. The largest absolute Gasteiger partial charge is 0.486 e. The molecule has 1 saturated carbocycles. The predicted octanol–water partition coefficient (Wildman–Crippen LogP) is 7.33. The molecule has 2 aliphatic carbocycles. The predicted molar refractivity (Wildman–Crippen MR) is 169 cm³/mol. The summed E-state index contributed by atoms with van der Waals surface area (Å²) < 4.78 is 13.8. The highest BCUT2D eigenvalue weighted by molar-refractivity contribution is 7.99. The van der Waals surface area contributed by atoms with Crippen LogP contribution in [0.4, 0.5) is 4.79 Å². The van der Waals surface area contributed by atoms with Gasteiger partial charge in [0.15, 0.2) is 11.0 Å². The number of benzene rings is 1. The summed E-state index contributed by atoms with van der Waals surface area (Å²) in [6.45, 7) is 7.89. The molecular weight excluding hydrogens is 558 g/mol. The van der Waals surface area contributed by atoms with Crippen LogP contribution in [0.2, 0.25) is 0 Å². The third-order valence-electron chi connectivity index (χ3n) is 7.52. The Labute approximate surface area is 259 Å². The molecule has 0 spiro atoms. The summed E-state index contributed by atoms with van der Waals surface area (Å²) in [5, 5.41) is 13.3. The number of carbonyl (C=O) groups is 1. The van der Waals surface area contributed by atoms with Crippen LogP contribution < -0.4 is 10.1 Å². The van der Waals surface area contributed by atoms with Crippen LogP contribution in [0.5, 0.6) is 5.75 Å². The zero-order valence-electron chi connectivity index (χ0n) is 25.6. The Hall–Kier alpha value is -3.77. The van der Waals surface area contributed by atoms with E-state index in [1.807, 2.05) is 68.8 Å². The fraction of sp³-hybridized carbons (Fsp3) is 0.471. The maximum absolute atomic E-state index is 12.6. The molecule has 1 fully saturated rings. The minimum Gasteiger partial charge on any atom is -0.486 e. The molecule has 0 saturated heterocycles. The van der Waals surface area contributed by atoms with Gasteiger partial charge in [0, 0.05) is 17.0 Å². The third-order valence-corrected chi connectivity index (χ3v) is 8.69. The number of rotatable bonds is 7. The molecular formula is C34H41N5O3S. The number of hydrogen-bond donors (Lipinski definition) is 1. The van der Waals surface area contributed by atoms with E-state index in [0.29, 0.717) is 11.1 Å². The smallest absolute Gasteiger partial charge is 0.408 e. The van der Waals surface area contributed by atoms with Crippen LogP contribution in [0.15, 0.2) is 60.0 Å². The Balaban J connectivity index is 1.30. The molecule has 0 radical (unpaired) electrons. The lowest BCUT2D eigenvalue weighted by molar-refractivity contribution is 0.0463. The van der Waals surface area contributed by atoms with E-state index in [0.717, 1.165) is 72.7 Å². The first kappa shape index (κ1) is 30.7. The van der Waals surface area contributed by atoms with E-state index in [2.05, 4.69) is 44.5 Å². The Kier molecular flexibility index (Phi) is 9.76. The molecule has 9 heteroatoms. The fourth-order valence-corrected chi connectivity index (χ4v) is 6.52. The maximum Gasteiger partial charge on any atom is 0.408 e. The molecule has 1 atom stereocenters. The monoisotopic (exact) mass is 599 g/mol. The first-order valence-corrected chi connectivity index (χ1v) is 16.0. The summed E-state index contributed by atoms with van der Waals surface area (Å²) in [6.07, 6.45) is 16.0. The van der Waals surface area contributed by atoms with Crippen LogP contribution in [0.3, 0.4) is 0 Å². The first-order valence-electron chi connectivity index (χ1n) is 15.2. The van der Waals surface area contributed by atoms with E-state index in [-0.39, 0.29) is 6.61 Å². The average molecular weight is 600 g/mol. The highest BCUT2D eigenvalue weighted by atomic mass is 32.2. The second-order valence-electron chi connectivity index (χ2n) is 12.2. The summed E-state index contributed by atoms with van der Waals surface area (Å²) in [6, 6.07) is 9.82. The summed E-state index contributed by atoms with van der Waals surface area (Å²) in [5.74, 6) is 8.20. The number of nitrogens with zero attached hydrogens (tertiary/aromatic N) is 4. The maximum atomic E-state index is 12.6. The van der Waals surface area contributed by atoms with Gasteiger partial charge in [0.25, 0.3) is 0 Å². The number of aryl methyl sites for hydroxylation is 1. The molecule has 1 amide bonds. The standard InChI is InChI=1S/C34H41N5O3S/c1-25-22-28(16-15-26(25)17-20-34(18-9-6-10-19-34)36-32(40)42-33(2,3)4)41-24-30-37-38-31(43-29-13-7-5-8-14-29)39(30)27-12-11-21-35-23-27/h7,11-13,15-16,21-23,29H,5-6,8-10,14,18-19,24H2,1-4H3,(H,36,40). The van der Waals surface area contributed by atoms with Crippen LogP contribution in [-0.4, -0.2) is 42.2 Å². The molecule has 5 rings (SSSR count). The van der Waals surface area contributed by atoms with Gasteiger partial charge in [-0.25, -0.2) is 4.79 Å². The van der Waals surface area contributed by atoms with Crippen molar-refractivity contribution in [3.05, 3.63) is 71.8 Å². The van der Waals surface area contributed by atoms with E-state index in [1.54, 1.807) is 18.0 Å². The molecule has 226 valence electrons. The zero-order valence-corrected chi connectivity index (χ0v) is 26.4. The number of alkyl carbamates (subject to hydrolysis) is 1. The molecule has 8 nitrogen and oxygen atoms in total. The summed E-state index contributed by atoms with van der Waals surface area (Å²) >= 11 is 1.73. The van der Waals surface area contributed by atoms with Gasteiger partial charge in [-0.15, -0.1) is 10.2 Å². The van der Waals surface area contributed by atoms with Gasteiger partial charge < -0.3 is 14.8 Å². The van der Waals surface area contributed by atoms with Crippen molar-refractivity contribution in [2.45, 2.75) is 107 Å². The van der Waals surface area contributed by atoms with Crippen LogP contribution in [0.1, 0.15) is 89.1 Å². The number of carbonyl (C=O) groups excluding carboxylic acids is 1. The van der Waals surface area contributed by atoms with Crippen LogP contribution in [0.25, 0.3) is 5.69 Å². The minimum absolute atomic E-state index is 0.260. The Morgan fingerprint density at radius 3 is 2.70 bits per heavy atom. The van der Waals surface area contributed by atoms with Crippen molar-refractivity contribution >= 4 is 17.9 Å². The summed E-state index contributed by atoms with van der Waals surface area (Å²) in [4.78, 5) is 16.9. The number of aromatic nitrogens is 4. The molecule has 2 aliphatic rings. The lowest BCUT2D eigenvalue weighted by atomic mass is 9.82. The molecule has 1 N–H and O–H groups in total. The van der Waals surface area contributed by atoms with Crippen LogP contribution >= 0.6 is 11.8 Å². The number of ether oxygens (including phenoxy) is 2. The zero-order chi connectivity index (χ0) is 30.3. The Morgan fingerprint density at radius 1 is 1.16 bits per heavy atom. The number of nitrogens with one attached hydrogen (secondary N) is 1. The van der Waals surface area contributed by atoms with E-state index in [9.17, 15) is 4.79 Å². The van der Waals surface area contributed by atoms with Crippen molar-refractivity contribution in [3.8, 4) is 23.3 Å². The van der Waals surface area contributed by atoms with Crippen molar-refractivity contribution < 1.29 is 14.3 Å². The second-order valence-corrected chi connectivity index (χ2v) is 13.5. The molecule has 43 heavy (non-hydrogen) atoms. The molecule has 2 aromatic heterocycles. The van der Waals surface area contributed by atoms with Gasteiger partial charge in [-0.3, -0.25) is 9.55 Å².